The van der Waals surface area contributed by atoms with E-state index in [1.54, 1.807) is 0 Å². The lowest BCUT2D eigenvalue weighted by Gasteiger charge is -2.19. The minimum absolute atomic E-state index is 0.0355. The maximum atomic E-state index is 12.4. The zero-order valence-electron chi connectivity index (χ0n) is 29.5. The van der Waals surface area contributed by atoms with E-state index in [1.165, 1.54) is 58.3 Å². The lowest BCUT2D eigenvalue weighted by Crippen LogP contribution is -2.48. The van der Waals surface area contributed by atoms with Crippen LogP contribution >= 0.6 is 0 Å². The van der Waals surface area contributed by atoms with Crippen molar-refractivity contribution in [1.82, 2.24) is 16.0 Å². The smallest absolute Gasteiger partial charge is 0.326 e. The van der Waals surface area contributed by atoms with E-state index in [2.05, 4.69) is 16.0 Å². The van der Waals surface area contributed by atoms with Gasteiger partial charge in [0.15, 0.2) is 11.6 Å². The van der Waals surface area contributed by atoms with Crippen LogP contribution < -0.4 is 21.7 Å². The van der Waals surface area contributed by atoms with Crippen LogP contribution in [0.1, 0.15) is 148 Å². The average Bonchev–Trinajstić information content (AvgIpc) is 3.05. The third kappa shape index (κ3) is 27.2. The number of hydrogen-bond donors (Lipinski definition) is 7. The topological polar surface area (TPSA) is 242 Å². The molecule has 8 N–H and O–H groups in total. The van der Waals surface area contributed by atoms with E-state index in [-0.39, 0.29) is 57.5 Å². The summed E-state index contributed by atoms with van der Waals surface area (Å²) in [7, 11) is 0. The van der Waals surface area contributed by atoms with Crippen LogP contribution in [-0.4, -0.2) is 87.8 Å². The molecule has 0 aromatic rings. The number of carboxylic acids is 3. The molecule has 0 unspecified atom stereocenters. The van der Waals surface area contributed by atoms with E-state index in [0.29, 0.717) is 6.42 Å². The molecule has 14 heteroatoms. The van der Waals surface area contributed by atoms with Crippen molar-refractivity contribution in [3.05, 3.63) is 0 Å². The molecule has 0 aromatic heterocycles. The summed E-state index contributed by atoms with van der Waals surface area (Å²) >= 11 is 0. The number of carbonyl (C=O) groups is 7. The molecule has 2 amide bonds. The predicted molar refractivity (Wildman–Crippen MR) is 185 cm³/mol. The van der Waals surface area contributed by atoms with E-state index < -0.39 is 53.5 Å². The van der Waals surface area contributed by atoms with Crippen LogP contribution in [0.25, 0.3) is 0 Å². The highest BCUT2D eigenvalue weighted by Gasteiger charge is 2.24. The van der Waals surface area contributed by atoms with E-state index in [1.807, 2.05) is 0 Å². The van der Waals surface area contributed by atoms with Crippen LogP contribution in [0.2, 0.25) is 0 Å². The van der Waals surface area contributed by atoms with E-state index >= 15 is 0 Å². The van der Waals surface area contributed by atoms with Crippen LogP contribution in [0, 0.1) is 0 Å². The molecule has 0 bridgehead atoms. The molecule has 14 nitrogen and oxygen atoms in total. The van der Waals surface area contributed by atoms with Crippen molar-refractivity contribution in [3.63, 3.8) is 0 Å². The molecule has 282 valence electrons. The Labute approximate surface area is 291 Å². The van der Waals surface area contributed by atoms with E-state index in [4.69, 9.17) is 15.9 Å². The molecule has 0 saturated carbocycles. The SMILES string of the molecule is C[C@H](NC(=O)CC[C@H](NC(=O)CCCCCCCCCCCCCCCCCCC(=O)O)C(=O)O)C(=O)CN[C@H](CCC(=O)O)C(=O)CN. The first-order valence-electron chi connectivity index (χ1n) is 18.1. The Morgan fingerprint density at radius 1 is 0.510 bits per heavy atom. The van der Waals surface area contributed by atoms with Gasteiger partial charge in [-0.25, -0.2) is 4.79 Å². The molecule has 0 aromatic carbocycles. The third-order valence-corrected chi connectivity index (χ3v) is 8.46. The van der Waals surface area contributed by atoms with Crippen LogP contribution in [0.3, 0.4) is 0 Å². The average molecular weight is 699 g/mol. The molecule has 0 rings (SSSR count). The summed E-state index contributed by atoms with van der Waals surface area (Å²) in [5.41, 5.74) is 5.35. The largest absolute Gasteiger partial charge is 0.481 e. The number of Topliss-reactive ketones (excluding diaryl/α,β-unsaturated/α-hetero) is 2. The molecule has 49 heavy (non-hydrogen) atoms. The van der Waals surface area contributed by atoms with Crippen LogP contribution in [0.4, 0.5) is 0 Å². The lowest BCUT2D eigenvalue weighted by molar-refractivity contribution is -0.142. The minimum Gasteiger partial charge on any atom is -0.481 e. The molecular formula is C35H62N4O10. The maximum Gasteiger partial charge on any atom is 0.326 e. The maximum absolute atomic E-state index is 12.4. The molecule has 0 saturated heterocycles. The summed E-state index contributed by atoms with van der Waals surface area (Å²) in [5.74, 6) is -4.90. The van der Waals surface area contributed by atoms with Crippen molar-refractivity contribution < 1.29 is 48.9 Å². The quantitative estimate of drug-likeness (QED) is 0.0474. The summed E-state index contributed by atoms with van der Waals surface area (Å²) in [4.78, 5) is 82.0. The summed E-state index contributed by atoms with van der Waals surface area (Å²) < 4.78 is 0. The van der Waals surface area contributed by atoms with Crippen molar-refractivity contribution in [1.29, 1.82) is 0 Å². The van der Waals surface area contributed by atoms with Crippen molar-refractivity contribution in [2.45, 2.75) is 166 Å². The monoisotopic (exact) mass is 698 g/mol. The van der Waals surface area contributed by atoms with Crippen LogP contribution in [0.15, 0.2) is 0 Å². The van der Waals surface area contributed by atoms with Gasteiger partial charge in [0.05, 0.1) is 25.2 Å². The van der Waals surface area contributed by atoms with Gasteiger partial charge in [0, 0.05) is 25.7 Å². The molecular weight excluding hydrogens is 636 g/mol. The van der Waals surface area contributed by atoms with Crippen molar-refractivity contribution in [2.75, 3.05) is 13.1 Å². The Bertz CT molecular complexity index is 1010. The van der Waals surface area contributed by atoms with Gasteiger partial charge in [0.2, 0.25) is 11.8 Å². The number of rotatable bonds is 34. The van der Waals surface area contributed by atoms with Gasteiger partial charge in [-0.05, 0) is 32.6 Å². The standard InChI is InChI=1S/C35H62N4O10/c1-26(30(41)25-37-27(29(40)24-36)21-23-34(46)47)38-32(43)22-20-28(35(48)49)39-31(42)18-16-14-12-10-8-6-4-2-3-5-7-9-11-13-15-17-19-33(44)45/h26-28,37H,2-25,36H2,1H3,(H,38,43)(H,39,42)(H,44,45)(H,46,47)(H,48,49)/t26-,27+,28-/m0/s1. The zero-order valence-corrected chi connectivity index (χ0v) is 29.5. The second kappa shape index (κ2) is 29.5. The van der Waals surface area contributed by atoms with Gasteiger partial charge >= 0.3 is 17.9 Å². The van der Waals surface area contributed by atoms with Gasteiger partial charge in [-0.1, -0.05) is 89.9 Å². The fraction of sp³-hybridized carbons (Fsp3) is 0.800. The number of unbranched alkanes of at least 4 members (excludes halogenated alkanes) is 15. The van der Waals surface area contributed by atoms with Gasteiger partial charge in [0.1, 0.15) is 6.04 Å². The lowest BCUT2D eigenvalue weighted by atomic mass is 10.0. The first kappa shape index (κ1) is 45.6. The molecule has 0 spiro atoms. The fourth-order valence-electron chi connectivity index (χ4n) is 5.39. The molecule has 3 atom stereocenters. The summed E-state index contributed by atoms with van der Waals surface area (Å²) in [6.45, 7) is 0.829. The molecule has 0 fully saturated rings. The molecule has 0 aliphatic heterocycles. The number of carbonyl (C=O) groups excluding carboxylic acids is 4. The number of nitrogens with two attached hydrogens (primary N) is 1. The fourth-order valence-corrected chi connectivity index (χ4v) is 5.39. The van der Waals surface area contributed by atoms with Gasteiger partial charge in [-0.2, -0.15) is 0 Å². The highest BCUT2D eigenvalue weighted by atomic mass is 16.4. The Balaban J connectivity index is 4.02. The van der Waals surface area contributed by atoms with E-state index in [9.17, 15) is 38.7 Å². The predicted octanol–water partition coefficient (Wildman–Crippen LogP) is 3.87. The van der Waals surface area contributed by atoms with Gasteiger partial charge in [0.25, 0.3) is 0 Å². The number of nitrogens with one attached hydrogen (secondary N) is 3. The highest BCUT2D eigenvalue weighted by molar-refractivity contribution is 5.91. The highest BCUT2D eigenvalue weighted by Crippen LogP contribution is 2.14. The van der Waals surface area contributed by atoms with E-state index in [0.717, 1.165) is 44.9 Å². The number of ketones is 2. The number of amides is 2. The van der Waals surface area contributed by atoms with Gasteiger partial charge in [-0.3, -0.25) is 28.8 Å². The number of hydrogen-bond acceptors (Lipinski definition) is 9. The Morgan fingerprint density at radius 3 is 1.35 bits per heavy atom. The van der Waals surface area contributed by atoms with Crippen molar-refractivity contribution in [2.24, 2.45) is 5.73 Å². The third-order valence-electron chi connectivity index (χ3n) is 8.46. The first-order valence-corrected chi connectivity index (χ1v) is 18.1. The second-order valence-electron chi connectivity index (χ2n) is 12.8. The normalized spacial score (nSPS) is 12.9. The van der Waals surface area contributed by atoms with Crippen LogP contribution in [0.5, 0.6) is 0 Å². The molecule has 0 aliphatic rings. The molecule has 0 aliphatic carbocycles. The Kier molecular flexibility index (Phi) is 27.5. The zero-order chi connectivity index (χ0) is 36.9. The van der Waals surface area contributed by atoms with Crippen molar-refractivity contribution >= 4 is 41.3 Å². The Morgan fingerprint density at radius 2 is 0.918 bits per heavy atom. The second-order valence-corrected chi connectivity index (χ2v) is 12.8. The summed E-state index contributed by atoms with van der Waals surface area (Å²) in [5, 5.41) is 34.6. The summed E-state index contributed by atoms with van der Waals surface area (Å²) in [6, 6.07) is -3.09. The molecule has 0 radical (unpaired) electrons. The van der Waals surface area contributed by atoms with Crippen molar-refractivity contribution in [3.8, 4) is 0 Å². The number of aliphatic carboxylic acids is 3. The van der Waals surface area contributed by atoms with Gasteiger partial charge in [-0.15, -0.1) is 0 Å². The van der Waals surface area contributed by atoms with Crippen LogP contribution in [-0.2, 0) is 33.6 Å². The Hall–Kier alpha value is -3.39. The summed E-state index contributed by atoms with van der Waals surface area (Å²) in [6.07, 6.45) is 17.4. The van der Waals surface area contributed by atoms with Gasteiger partial charge < -0.3 is 37.0 Å². The minimum atomic E-state index is -1.25. The first-order chi connectivity index (χ1) is 23.4. The molecule has 0 heterocycles. The number of carboxylic acid groups (broad SMARTS) is 3.